The summed E-state index contributed by atoms with van der Waals surface area (Å²) in [6, 6.07) is 11.3. The maximum atomic E-state index is 14.5. The van der Waals surface area contributed by atoms with Crippen molar-refractivity contribution in [3.8, 4) is 17.2 Å². The normalized spacial score (nSPS) is 16.6. The number of carbonyl (C=O) groups excluding carboxylic acids is 1. The molecule has 240 valence electrons. The highest BCUT2D eigenvalue weighted by molar-refractivity contribution is 5.91. The number of rotatable bonds is 22. The van der Waals surface area contributed by atoms with E-state index in [2.05, 4.69) is 13.8 Å². The van der Waals surface area contributed by atoms with Gasteiger partial charge in [-0.25, -0.2) is 9.18 Å². The molecule has 5 heteroatoms. The Morgan fingerprint density at radius 1 is 0.651 bits per heavy atom. The first-order chi connectivity index (χ1) is 21.1. The van der Waals surface area contributed by atoms with Gasteiger partial charge in [0.05, 0.1) is 18.8 Å². The molecule has 0 amide bonds. The highest BCUT2D eigenvalue weighted by Gasteiger charge is 2.20. The van der Waals surface area contributed by atoms with Gasteiger partial charge in [-0.1, -0.05) is 117 Å². The van der Waals surface area contributed by atoms with Crippen molar-refractivity contribution in [2.45, 2.75) is 136 Å². The first-order valence-corrected chi connectivity index (χ1v) is 17.5. The Labute approximate surface area is 261 Å². The summed E-state index contributed by atoms with van der Waals surface area (Å²) in [5, 5.41) is 0. The molecule has 1 aliphatic carbocycles. The molecule has 0 aliphatic heterocycles. The Balaban J connectivity index is 1.28. The Bertz CT molecular complexity index is 1010. The lowest BCUT2D eigenvalue weighted by Gasteiger charge is -2.28. The molecule has 2 aromatic rings. The third-order valence-corrected chi connectivity index (χ3v) is 8.92. The van der Waals surface area contributed by atoms with E-state index in [1.165, 1.54) is 115 Å². The van der Waals surface area contributed by atoms with Crippen molar-refractivity contribution in [3.05, 3.63) is 53.8 Å². The minimum Gasteiger partial charge on any atom is -0.494 e. The van der Waals surface area contributed by atoms with E-state index in [0.29, 0.717) is 19.0 Å². The first kappa shape index (κ1) is 34.9. The zero-order valence-corrected chi connectivity index (χ0v) is 27.1. The van der Waals surface area contributed by atoms with Gasteiger partial charge in [0.15, 0.2) is 11.6 Å². The third kappa shape index (κ3) is 14.2. The van der Waals surface area contributed by atoms with Crippen LogP contribution >= 0.6 is 0 Å². The van der Waals surface area contributed by atoms with E-state index in [4.69, 9.17) is 14.2 Å². The van der Waals surface area contributed by atoms with Crippen LogP contribution in [0.1, 0.15) is 146 Å². The Morgan fingerprint density at radius 3 is 1.81 bits per heavy atom. The van der Waals surface area contributed by atoms with Crippen molar-refractivity contribution in [2.75, 3.05) is 13.2 Å². The van der Waals surface area contributed by atoms with Crippen molar-refractivity contribution < 1.29 is 23.4 Å². The molecule has 0 unspecified atom stereocenters. The number of ether oxygens (including phenoxy) is 3. The van der Waals surface area contributed by atoms with Gasteiger partial charge in [0, 0.05) is 0 Å². The molecule has 43 heavy (non-hydrogen) atoms. The van der Waals surface area contributed by atoms with Crippen LogP contribution in [0.4, 0.5) is 4.39 Å². The molecule has 2 aromatic carbocycles. The fourth-order valence-electron chi connectivity index (χ4n) is 6.16. The summed E-state index contributed by atoms with van der Waals surface area (Å²) in [7, 11) is 0. The molecule has 1 saturated carbocycles. The minimum absolute atomic E-state index is 0.155. The van der Waals surface area contributed by atoms with Gasteiger partial charge in [-0.2, -0.15) is 0 Å². The quantitative estimate of drug-likeness (QED) is 0.0770. The summed E-state index contributed by atoms with van der Waals surface area (Å²) in [6.45, 7) is 5.66. The molecular formula is C38H57FO4. The van der Waals surface area contributed by atoms with Crippen molar-refractivity contribution in [2.24, 2.45) is 11.8 Å². The van der Waals surface area contributed by atoms with Gasteiger partial charge in [-0.3, -0.25) is 0 Å². The van der Waals surface area contributed by atoms with E-state index in [1.54, 1.807) is 18.2 Å². The van der Waals surface area contributed by atoms with Crippen LogP contribution in [0.5, 0.6) is 17.2 Å². The average Bonchev–Trinajstić information content (AvgIpc) is 3.02. The SMILES string of the molecule is CCCCCCCCCOc1ccc(C(=O)Oc2ccc(OCCCC3CCC(CCCCCCC)CC3)cc2)cc1F. The molecule has 1 fully saturated rings. The topological polar surface area (TPSA) is 44.8 Å². The van der Waals surface area contributed by atoms with E-state index < -0.39 is 11.8 Å². The second kappa shape index (κ2) is 21.2. The van der Waals surface area contributed by atoms with Crippen molar-refractivity contribution in [1.29, 1.82) is 0 Å². The lowest BCUT2D eigenvalue weighted by molar-refractivity contribution is 0.0734. The van der Waals surface area contributed by atoms with Crippen LogP contribution in [-0.4, -0.2) is 19.2 Å². The summed E-state index contributed by atoms with van der Waals surface area (Å²) in [5.74, 6) is 1.99. The smallest absolute Gasteiger partial charge is 0.343 e. The largest absolute Gasteiger partial charge is 0.494 e. The molecular weight excluding hydrogens is 539 g/mol. The van der Waals surface area contributed by atoms with Gasteiger partial charge in [-0.05, 0) is 73.6 Å². The van der Waals surface area contributed by atoms with Gasteiger partial charge in [0.2, 0.25) is 0 Å². The van der Waals surface area contributed by atoms with Crippen LogP contribution in [0, 0.1) is 17.7 Å². The number of carbonyl (C=O) groups is 1. The van der Waals surface area contributed by atoms with E-state index in [1.807, 2.05) is 12.1 Å². The molecule has 0 spiro atoms. The monoisotopic (exact) mass is 596 g/mol. The van der Waals surface area contributed by atoms with E-state index in [9.17, 15) is 9.18 Å². The number of esters is 1. The Hall–Kier alpha value is -2.56. The minimum atomic E-state index is -0.600. The maximum absolute atomic E-state index is 14.5. The van der Waals surface area contributed by atoms with Gasteiger partial charge in [0.1, 0.15) is 11.5 Å². The molecule has 0 radical (unpaired) electrons. The fraction of sp³-hybridized carbons (Fsp3) is 0.658. The summed E-state index contributed by atoms with van der Waals surface area (Å²) >= 11 is 0. The molecule has 0 atom stereocenters. The van der Waals surface area contributed by atoms with E-state index >= 15 is 0 Å². The zero-order valence-electron chi connectivity index (χ0n) is 27.1. The Morgan fingerprint density at radius 2 is 1.19 bits per heavy atom. The van der Waals surface area contributed by atoms with Gasteiger partial charge in [0.25, 0.3) is 0 Å². The lowest BCUT2D eigenvalue weighted by Crippen LogP contribution is -2.15. The average molecular weight is 597 g/mol. The van der Waals surface area contributed by atoms with Gasteiger partial charge in [-0.15, -0.1) is 0 Å². The van der Waals surface area contributed by atoms with Crippen LogP contribution in [0.2, 0.25) is 0 Å². The molecule has 0 N–H and O–H groups in total. The highest BCUT2D eigenvalue weighted by atomic mass is 19.1. The van der Waals surface area contributed by atoms with Crippen LogP contribution in [0.3, 0.4) is 0 Å². The third-order valence-electron chi connectivity index (χ3n) is 8.92. The molecule has 0 bridgehead atoms. The van der Waals surface area contributed by atoms with Crippen LogP contribution in [0.15, 0.2) is 42.5 Å². The number of hydrogen-bond acceptors (Lipinski definition) is 4. The number of hydrogen-bond donors (Lipinski definition) is 0. The van der Waals surface area contributed by atoms with E-state index in [0.717, 1.165) is 36.8 Å². The van der Waals surface area contributed by atoms with Crippen LogP contribution < -0.4 is 14.2 Å². The fourth-order valence-corrected chi connectivity index (χ4v) is 6.16. The first-order valence-electron chi connectivity index (χ1n) is 17.5. The molecule has 0 aromatic heterocycles. The molecule has 3 rings (SSSR count). The predicted octanol–water partition coefficient (Wildman–Crippen LogP) is 11.5. The van der Waals surface area contributed by atoms with E-state index in [-0.39, 0.29) is 11.3 Å². The van der Waals surface area contributed by atoms with Gasteiger partial charge < -0.3 is 14.2 Å². The number of benzene rings is 2. The molecule has 1 aliphatic rings. The summed E-state index contributed by atoms with van der Waals surface area (Å²) < 4.78 is 31.5. The second-order valence-corrected chi connectivity index (χ2v) is 12.6. The molecule has 0 saturated heterocycles. The molecule has 0 heterocycles. The van der Waals surface area contributed by atoms with Crippen LogP contribution in [-0.2, 0) is 0 Å². The van der Waals surface area contributed by atoms with Crippen LogP contribution in [0.25, 0.3) is 0 Å². The Kier molecular flexibility index (Phi) is 17.2. The number of unbranched alkanes of at least 4 members (excludes halogenated alkanes) is 10. The summed E-state index contributed by atoms with van der Waals surface area (Å²) in [4.78, 5) is 12.6. The highest BCUT2D eigenvalue weighted by Crippen LogP contribution is 2.34. The zero-order chi connectivity index (χ0) is 30.5. The summed E-state index contributed by atoms with van der Waals surface area (Å²) in [6.07, 6.45) is 24.5. The summed E-state index contributed by atoms with van der Waals surface area (Å²) in [5.41, 5.74) is 0.155. The van der Waals surface area contributed by atoms with Crippen molar-refractivity contribution in [1.82, 2.24) is 0 Å². The van der Waals surface area contributed by atoms with Crippen molar-refractivity contribution >= 4 is 5.97 Å². The van der Waals surface area contributed by atoms with Gasteiger partial charge >= 0.3 is 5.97 Å². The predicted molar refractivity (Wildman–Crippen MR) is 175 cm³/mol. The number of halogens is 1. The van der Waals surface area contributed by atoms with Crippen molar-refractivity contribution in [3.63, 3.8) is 0 Å². The molecule has 4 nitrogen and oxygen atoms in total. The maximum Gasteiger partial charge on any atom is 0.343 e. The second-order valence-electron chi connectivity index (χ2n) is 12.6. The lowest BCUT2D eigenvalue weighted by atomic mass is 9.78. The standard InChI is InChI=1S/C38H57FO4/c1-3-5-7-9-10-12-14-28-42-37-27-22-33(30-36(37)39)38(40)43-35-25-23-34(24-26-35)41-29-15-17-32-20-18-31(19-21-32)16-13-11-8-6-4-2/h22-27,30-32H,3-21,28-29H2,1-2H3.